The molecule has 1 aromatic heterocycles. The lowest BCUT2D eigenvalue weighted by Gasteiger charge is -2.34. The fourth-order valence-corrected chi connectivity index (χ4v) is 4.80. The van der Waals surface area contributed by atoms with Crippen LogP contribution in [-0.2, 0) is 4.74 Å². The molecule has 0 spiro atoms. The highest BCUT2D eigenvalue weighted by Crippen LogP contribution is 2.46. The van der Waals surface area contributed by atoms with Gasteiger partial charge in [0, 0.05) is 10.5 Å². The molecule has 0 radical (unpaired) electrons. The Bertz CT molecular complexity index is 826. The fraction of sp³-hybridized carbons (Fsp3) is 0.600. The molecule has 2 aliphatic rings. The van der Waals surface area contributed by atoms with Gasteiger partial charge < -0.3 is 9.72 Å². The molecule has 1 N–H and O–H groups in total. The minimum atomic E-state index is -0.493. The van der Waals surface area contributed by atoms with Crippen molar-refractivity contribution in [1.82, 2.24) is 14.9 Å². The van der Waals surface area contributed by atoms with Gasteiger partial charge >= 0.3 is 6.09 Å². The maximum Gasteiger partial charge on any atom is 0.411 e. The van der Waals surface area contributed by atoms with Gasteiger partial charge in [0.15, 0.2) is 0 Å². The second kappa shape index (κ2) is 6.55. The Labute approximate surface area is 162 Å². The summed E-state index contributed by atoms with van der Waals surface area (Å²) in [5.41, 5.74) is 1.43. The zero-order valence-electron chi connectivity index (χ0n) is 15.6. The average molecular weight is 420 g/mol. The van der Waals surface area contributed by atoms with E-state index in [1.165, 1.54) is 19.3 Å². The highest BCUT2D eigenvalue weighted by molar-refractivity contribution is 9.10. The molecule has 5 nitrogen and oxygen atoms in total. The summed E-state index contributed by atoms with van der Waals surface area (Å²) in [4.78, 5) is 23.2. The van der Waals surface area contributed by atoms with Crippen LogP contribution >= 0.6 is 15.9 Å². The van der Waals surface area contributed by atoms with Crippen molar-refractivity contribution in [2.45, 2.75) is 70.6 Å². The number of aromatic amines is 1. The molecule has 6 heteroatoms. The van der Waals surface area contributed by atoms with Crippen LogP contribution in [0, 0.1) is 5.92 Å². The van der Waals surface area contributed by atoms with Crippen molar-refractivity contribution in [2.75, 3.05) is 0 Å². The number of hydrogen-bond donors (Lipinski definition) is 1. The van der Waals surface area contributed by atoms with Crippen molar-refractivity contribution in [3.63, 3.8) is 0 Å². The minimum Gasteiger partial charge on any atom is -0.444 e. The number of likely N-dealkylation sites (tertiary alicyclic amines) is 1. The largest absolute Gasteiger partial charge is 0.444 e. The number of ether oxygens (including phenoxy) is 1. The van der Waals surface area contributed by atoms with Crippen molar-refractivity contribution in [1.29, 1.82) is 0 Å². The first kappa shape index (κ1) is 17.8. The van der Waals surface area contributed by atoms with Gasteiger partial charge in [0.05, 0.1) is 17.1 Å². The number of amides is 1. The number of halogens is 1. The molecule has 1 unspecified atom stereocenters. The second-order valence-electron chi connectivity index (χ2n) is 8.53. The molecule has 1 saturated heterocycles. The number of benzene rings is 1. The van der Waals surface area contributed by atoms with E-state index < -0.39 is 5.60 Å². The van der Waals surface area contributed by atoms with Crippen LogP contribution < -0.4 is 0 Å². The minimum absolute atomic E-state index is 0.0378. The summed E-state index contributed by atoms with van der Waals surface area (Å²) in [6.07, 6.45) is 5.44. The quantitative estimate of drug-likeness (QED) is 0.657. The van der Waals surface area contributed by atoms with Crippen molar-refractivity contribution in [2.24, 2.45) is 5.92 Å². The fourth-order valence-electron chi connectivity index (χ4n) is 4.44. The van der Waals surface area contributed by atoms with Crippen molar-refractivity contribution >= 4 is 33.1 Å². The van der Waals surface area contributed by atoms with Crippen LogP contribution in [0.2, 0.25) is 0 Å². The van der Waals surface area contributed by atoms with E-state index in [0.29, 0.717) is 5.92 Å². The topological polar surface area (TPSA) is 58.2 Å². The summed E-state index contributed by atoms with van der Waals surface area (Å²) in [5.74, 6) is 1.42. The molecule has 1 aliphatic carbocycles. The van der Waals surface area contributed by atoms with Crippen LogP contribution in [0.1, 0.15) is 64.7 Å². The predicted octanol–water partition coefficient (Wildman–Crippen LogP) is 5.57. The summed E-state index contributed by atoms with van der Waals surface area (Å²) in [5, 5.41) is 0. The SMILES string of the molecule is CC(C)(C)OC(=O)N1[C@H](c2nc3ccc(Br)cc3[nH]2)CC2CCCC[C@@H]21. The molecule has 3 atom stereocenters. The molecule has 4 rings (SSSR count). The normalized spacial score (nSPS) is 26.2. The first-order valence-electron chi connectivity index (χ1n) is 9.48. The third-order valence-electron chi connectivity index (χ3n) is 5.47. The van der Waals surface area contributed by atoms with Gasteiger partial charge in [0.2, 0.25) is 0 Å². The van der Waals surface area contributed by atoms with E-state index in [4.69, 9.17) is 9.72 Å². The van der Waals surface area contributed by atoms with Crippen LogP contribution in [-0.4, -0.2) is 32.6 Å². The summed E-state index contributed by atoms with van der Waals surface area (Å²) < 4.78 is 6.77. The van der Waals surface area contributed by atoms with E-state index in [0.717, 1.165) is 34.2 Å². The summed E-state index contributed by atoms with van der Waals surface area (Å²) in [6, 6.07) is 6.26. The molecule has 26 heavy (non-hydrogen) atoms. The lowest BCUT2D eigenvalue weighted by atomic mass is 9.85. The predicted molar refractivity (Wildman–Crippen MR) is 105 cm³/mol. The van der Waals surface area contributed by atoms with Gasteiger partial charge in [0.1, 0.15) is 11.4 Å². The molecule has 2 heterocycles. The molecule has 1 saturated carbocycles. The Balaban J connectivity index is 1.70. The van der Waals surface area contributed by atoms with Crippen molar-refractivity contribution in [3.05, 3.63) is 28.5 Å². The molecule has 2 aromatic rings. The van der Waals surface area contributed by atoms with E-state index in [9.17, 15) is 4.79 Å². The Morgan fingerprint density at radius 1 is 1.31 bits per heavy atom. The van der Waals surface area contributed by atoms with Crippen molar-refractivity contribution in [3.8, 4) is 0 Å². The first-order valence-corrected chi connectivity index (χ1v) is 10.3. The highest BCUT2D eigenvalue weighted by Gasteiger charge is 2.47. The molecule has 140 valence electrons. The first-order chi connectivity index (χ1) is 12.3. The molecule has 1 amide bonds. The summed E-state index contributed by atoms with van der Waals surface area (Å²) in [7, 11) is 0. The monoisotopic (exact) mass is 419 g/mol. The van der Waals surface area contributed by atoms with E-state index >= 15 is 0 Å². The van der Waals surface area contributed by atoms with E-state index in [-0.39, 0.29) is 18.2 Å². The zero-order chi connectivity index (χ0) is 18.5. The average Bonchev–Trinajstić information content (AvgIpc) is 3.13. The van der Waals surface area contributed by atoms with Gasteiger partial charge in [-0.05, 0) is 64.2 Å². The number of fused-ring (bicyclic) bond motifs is 2. The number of nitrogens with one attached hydrogen (secondary N) is 1. The number of H-pyrrole nitrogens is 1. The van der Waals surface area contributed by atoms with Gasteiger partial charge in [-0.1, -0.05) is 28.8 Å². The maximum atomic E-state index is 13.0. The van der Waals surface area contributed by atoms with Crippen LogP contribution in [0.4, 0.5) is 4.79 Å². The highest BCUT2D eigenvalue weighted by atomic mass is 79.9. The number of carbonyl (C=O) groups excluding carboxylic acids is 1. The number of imidazole rings is 1. The van der Waals surface area contributed by atoms with Gasteiger partial charge in [-0.15, -0.1) is 0 Å². The third kappa shape index (κ3) is 3.36. The summed E-state index contributed by atoms with van der Waals surface area (Å²) >= 11 is 3.51. The Morgan fingerprint density at radius 2 is 2.08 bits per heavy atom. The number of hydrogen-bond acceptors (Lipinski definition) is 3. The number of carbonyl (C=O) groups is 1. The van der Waals surface area contributed by atoms with Crippen LogP contribution in [0.5, 0.6) is 0 Å². The molecular weight excluding hydrogens is 394 g/mol. The maximum absolute atomic E-state index is 13.0. The lowest BCUT2D eigenvalue weighted by Crippen LogP contribution is -2.43. The number of aromatic nitrogens is 2. The van der Waals surface area contributed by atoms with E-state index in [2.05, 4.69) is 20.9 Å². The van der Waals surface area contributed by atoms with E-state index in [1.54, 1.807) is 0 Å². The molecule has 2 fully saturated rings. The van der Waals surface area contributed by atoms with Crippen LogP contribution in [0.15, 0.2) is 22.7 Å². The lowest BCUT2D eigenvalue weighted by molar-refractivity contribution is 0.00953. The van der Waals surface area contributed by atoms with Crippen LogP contribution in [0.3, 0.4) is 0 Å². The third-order valence-corrected chi connectivity index (χ3v) is 5.96. The van der Waals surface area contributed by atoms with Gasteiger partial charge in [-0.25, -0.2) is 9.78 Å². The van der Waals surface area contributed by atoms with Gasteiger partial charge in [-0.2, -0.15) is 0 Å². The Kier molecular flexibility index (Phi) is 4.49. The molecule has 1 aromatic carbocycles. The second-order valence-corrected chi connectivity index (χ2v) is 9.45. The Hall–Kier alpha value is -1.56. The Morgan fingerprint density at radius 3 is 2.85 bits per heavy atom. The van der Waals surface area contributed by atoms with E-state index in [1.807, 2.05) is 43.9 Å². The van der Waals surface area contributed by atoms with Crippen molar-refractivity contribution < 1.29 is 9.53 Å². The molecule has 0 bridgehead atoms. The molecule has 1 aliphatic heterocycles. The molecular formula is C20H26BrN3O2. The number of rotatable bonds is 1. The number of nitrogens with zero attached hydrogens (tertiary/aromatic N) is 2. The van der Waals surface area contributed by atoms with Gasteiger partial charge in [0.25, 0.3) is 0 Å². The smallest absolute Gasteiger partial charge is 0.411 e. The van der Waals surface area contributed by atoms with Gasteiger partial charge in [-0.3, -0.25) is 4.90 Å². The standard InChI is InChI=1S/C20H26BrN3O2/c1-20(2,3)26-19(25)24-16-7-5-4-6-12(16)10-17(24)18-22-14-9-8-13(21)11-15(14)23-18/h8-9,11-12,16-17H,4-7,10H2,1-3H3,(H,22,23)/t12?,16-,17-/m0/s1. The van der Waals surface area contributed by atoms with Crippen LogP contribution in [0.25, 0.3) is 11.0 Å². The zero-order valence-corrected chi connectivity index (χ0v) is 17.2. The summed E-state index contributed by atoms with van der Waals surface area (Å²) in [6.45, 7) is 5.77.